The van der Waals surface area contributed by atoms with E-state index in [4.69, 9.17) is 37.0 Å². The van der Waals surface area contributed by atoms with Gasteiger partial charge in [-0.1, -0.05) is 312 Å². The molecule has 0 spiro atoms. The van der Waals surface area contributed by atoms with E-state index < -0.39 is 97.5 Å². The van der Waals surface area contributed by atoms with Crippen LogP contribution in [0.5, 0.6) is 0 Å². The predicted molar refractivity (Wildman–Crippen MR) is 368 cm³/mol. The molecule has 3 N–H and O–H groups in total. The van der Waals surface area contributed by atoms with Crippen LogP contribution in [-0.4, -0.2) is 96.7 Å². The minimum Gasteiger partial charge on any atom is -0.462 e. The summed E-state index contributed by atoms with van der Waals surface area (Å²) in [5, 5.41) is 10.6. The second kappa shape index (κ2) is 62.8. The summed E-state index contributed by atoms with van der Waals surface area (Å²) in [6.45, 7) is 11.8. The van der Waals surface area contributed by atoms with Crippen LogP contribution in [0.2, 0.25) is 0 Å². The fraction of sp³-hybridized carbons (Fsp3) is 0.944. The number of hydrogen-bond acceptors (Lipinski definition) is 15. The number of ether oxygens (including phenoxy) is 4. The lowest BCUT2D eigenvalue weighted by molar-refractivity contribution is -0.161. The molecule has 540 valence electrons. The molecule has 0 fully saturated rings. The average molecular weight is 1340 g/mol. The molecule has 91 heavy (non-hydrogen) atoms. The molecule has 0 aromatic heterocycles. The number of aliphatic hydroxyl groups is 1. The SMILES string of the molecule is CCCCCCCCCCCCCCC(=O)O[C@H](COC(=O)CCCCCCCCC(C)C)COP(=O)(O)OC[C@H](O)COP(=O)(O)OC[C@@H](COC(=O)CCCCCCCCCCCCC(C)CC)OC(=O)CCCCCCCCCCCCCCCC(C)C. The van der Waals surface area contributed by atoms with E-state index in [0.717, 1.165) is 108 Å². The van der Waals surface area contributed by atoms with Gasteiger partial charge in [0.05, 0.1) is 26.4 Å². The first kappa shape index (κ1) is 89.1. The second-order valence-corrected chi connectivity index (χ2v) is 30.1. The Hall–Kier alpha value is -1.94. The zero-order chi connectivity index (χ0) is 67.3. The number of unbranched alkanes of at least 4 members (excludes halogenated alkanes) is 37. The fourth-order valence-corrected chi connectivity index (χ4v) is 12.4. The Kier molecular flexibility index (Phi) is 61.5. The molecule has 0 aliphatic carbocycles. The number of aliphatic hydroxyl groups excluding tert-OH is 1. The summed E-state index contributed by atoms with van der Waals surface area (Å²) in [5.74, 6) is 0.152. The largest absolute Gasteiger partial charge is 0.472 e. The van der Waals surface area contributed by atoms with Crippen molar-refractivity contribution in [2.75, 3.05) is 39.6 Å². The first-order valence-corrected chi connectivity index (χ1v) is 40.4. The maximum atomic E-state index is 13.0. The van der Waals surface area contributed by atoms with Crippen molar-refractivity contribution in [1.29, 1.82) is 0 Å². The van der Waals surface area contributed by atoms with Crippen molar-refractivity contribution in [3.63, 3.8) is 0 Å². The summed E-state index contributed by atoms with van der Waals surface area (Å²) in [6, 6.07) is 0. The van der Waals surface area contributed by atoms with Crippen LogP contribution in [0, 0.1) is 17.8 Å². The van der Waals surface area contributed by atoms with Crippen molar-refractivity contribution in [2.45, 2.75) is 381 Å². The van der Waals surface area contributed by atoms with Crippen LogP contribution in [0.1, 0.15) is 363 Å². The van der Waals surface area contributed by atoms with Gasteiger partial charge in [-0.25, -0.2) is 9.13 Å². The molecule has 0 bridgehead atoms. The predicted octanol–water partition coefficient (Wildman–Crippen LogP) is 20.6. The van der Waals surface area contributed by atoms with Crippen molar-refractivity contribution in [3.05, 3.63) is 0 Å². The molecule has 0 aliphatic rings. The third-order valence-electron chi connectivity index (χ3n) is 17.0. The fourth-order valence-electron chi connectivity index (χ4n) is 10.9. The maximum absolute atomic E-state index is 13.0. The van der Waals surface area contributed by atoms with E-state index in [1.54, 1.807) is 0 Å². The van der Waals surface area contributed by atoms with Crippen LogP contribution in [0.4, 0.5) is 0 Å². The summed E-state index contributed by atoms with van der Waals surface area (Å²) >= 11 is 0. The molecule has 0 aliphatic heterocycles. The van der Waals surface area contributed by atoms with Crippen molar-refractivity contribution >= 4 is 39.5 Å². The Morgan fingerprint density at radius 2 is 0.560 bits per heavy atom. The molecule has 0 aromatic rings. The Labute approximate surface area is 556 Å². The molecule has 0 aromatic carbocycles. The number of rotatable bonds is 70. The molecule has 19 heteroatoms. The van der Waals surface area contributed by atoms with E-state index in [1.165, 1.54) is 167 Å². The van der Waals surface area contributed by atoms with Gasteiger partial charge in [0.2, 0.25) is 0 Å². The van der Waals surface area contributed by atoms with Crippen molar-refractivity contribution in [2.24, 2.45) is 17.8 Å². The lowest BCUT2D eigenvalue weighted by atomic mass is 9.99. The third kappa shape index (κ3) is 65.1. The Morgan fingerprint density at radius 1 is 0.319 bits per heavy atom. The van der Waals surface area contributed by atoms with Crippen molar-refractivity contribution < 1.29 is 80.2 Å². The van der Waals surface area contributed by atoms with Crippen LogP contribution in [0.3, 0.4) is 0 Å². The molecular formula is C72H140O17P2. The number of esters is 4. The summed E-state index contributed by atoms with van der Waals surface area (Å²) in [6.07, 6.45) is 47.2. The summed E-state index contributed by atoms with van der Waals surface area (Å²) in [7, 11) is -9.90. The van der Waals surface area contributed by atoms with Gasteiger partial charge in [-0.05, 0) is 43.4 Å². The third-order valence-corrected chi connectivity index (χ3v) is 18.9. The van der Waals surface area contributed by atoms with Gasteiger partial charge >= 0.3 is 39.5 Å². The Morgan fingerprint density at radius 3 is 0.835 bits per heavy atom. The maximum Gasteiger partial charge on any atom is 0.472 e. The number of hydrogen-bond donors (Lipinski definition) is 3. The van der Waals surface area contributed by atoms with Crippen molar-refractivity contribution in [3.8, 4) is 0 Å². The van der Waals surface area contributed by atoms with E-state index in [2.05, 4.69) is 48.5 Å². The van der Waals surface area contributed by atoms with Gasteiger partial charge in [0, 0.05) is 25.7 Å². The molecule has 3 unspecified atom stereocenters. The van der Waals surface area contributed by atoms with Gasteiger partial charge in [0.1, 0.15) is 19.3 Å². The lowest BCUT2D eigenvalue weighted by Crippen LogP contribution is -2.30. The van der Waals surface area contributed by atoms with E-state index >= 15 is 0 Å². The van der Waals surface area contributed by atoms with Crippen LogP contribution < -0.4 is 0 Å². The molecule has 0 saturated carbocycles. The minimum atomic E-state index is -4.95. The monoisotopic (exact) mass is 1340 g/mol. The number of phosphoric ester groups is 2. The molecule has 0 radical (unpaired) electrons. The molecule has 17 nitrogen and oxygen atoms in total. The zero-order valence-electron chi connectivity index (χ0n) is 59.3. The highest BCUT2D eigenvalue weighted by atomic mass is 31.2. The molecule has 0 amide bonds. The highest BCUT2D eigenvalue weighted by Gasteiger charge is 2.30. The Balaban J connectivity index is 5.25. The average Bonchev–Trinajstić information content (AvgIpc) is 3.62. The van der Waals surface area contributed by atoms with Gasteiger partial charge in [-0.15, -0.1) is 0 Å². The molecule has 6 atom stereocenters. The van der Waals surface area contributed by atoms with Gasteiger partial charge in [0.25, 0.3) is 0 Å². The van der Waals surface area contributed by atoms with E-state index in [-0.39, 0.29) is 25.7 Å². The van der Waals surface area contributed by atoms with Gasteiger partial charge in [0.15, 0.2) is 12.2 Å². The summed E-state index contributed by atoms with van der Waals surface area (Å²) in [4.78, 5) is 72.6. The number of phosphoric acid groups is 2. The Bertz CT molecular complexity index is 1790. The van der Waals surface area contributed by atoms with Crippen LogP contribution in [0.25, 0.3) is 0 Å². The highest BCUT2D eigenvalue weighted by Crippen LogP contribution is 2.45. The summed E-state index contributed by atoms with van der Waals surface area (Å²) in [5.41, 5.74) is 0. The topological polar surface area (TPSA) is 237 Å². The van der Waals surface area contributed by atoms with Gasteiger partial charge in [-0.3, -0.25) is 37.3 Å². The lowest BCUT2D eigenvalue weighted by Gasteiger charge is -2.21. The minimum absolute atomic E-state index is 0.106. The zero-order valence-corrected chi connectivity index (χ0v) is 61.1. The number of carbonyl (C=O) groups is 4. The standard InChI is InChI=1S/C72H140O17P2/c1-8-10-11-12-13-14-15-20-27-32-41-48-55-71(76)89-68(60-83-70(75)54-47-40-35-34-37-44-51-64(5)6)62-87-91(80,81)85-58-66(73)57-84-90(78,79)86-61-67(59-82-69(74)53-46-39-31-26-23-22-25-30-38-45-52-65(7)9-2)88-72(77)56-49-42-33-28-21-18-16-17-19-24-29-36-43-50-63(3)4/h63-68,73H,8-62H2,1-7H3,(H,78,79)(H,80,81)/t65?,66-,67-,68-/m1/s1. The normalized spacial score (nSPS) is 14.5. The second-order valence-electron chi connectivity index (χ2n) is 27.2. The van der Waals surface area contributed by atoms with Crippen LogP contribution in [-0.2, 0) is 65.4 Å². The van der Waals surface area contributed by atoms with E-state index in [1.807, 2.05) is 0 Å². The summed E-state index contributed by atoms with van der Waals surface area (Å²) < 4.78 is 68.3. The van der Waals surface area contributed by atoms with Crippen molar-refractivity contribution in [1.82, 2.24) is 0 Å². The van der Waals surface area contributed by atoms with E-state index in [0.29, 0.717) is 31.6 Å². The number of carbonyl (C=O) groups excluding carboxylic acids is 4. The molecule has 0 rings (SSSR count). The van der Waals surface area contributed by atoms with Crippen LogP contribution in [0.15, 0.2) is 0 Å². The first-order chi connectivity index (χ1) is 43.8. The smallest absolute Gasteiger partial charge is 0.462 e. The van der Waals surface area contributed by atoms with E-state index in [9.17, 15) is 43.2 Å². The highest BCUT2D eigenvalue weighted by molar-refractivity contribution is 7.47. The first-order valence-electron chi connectivity index (χ1n) is 37.4. The quantitative estimate of drug-likeness (QED) is 0.0222. The molecule has 0 heterocycles. The molecular weight excluding hydrogens is 1200 g/mol. The molecule has 0 saturated heterocycles. The van der Waals surface area contributed by atoms with Gasteiger partial charge in [-0.2, -0.15) is 0 Å². The van der Waals surface area contributed by atoms with Crippen LogP contribution >= 0.6 is 15.6 Å². The van der Waals surface area contributed by atoms with Gasteiger partial charge < -0.3 is 33.8 Å².